The summed E-state index contributed by atoms with van der Waals surface area (Å²) in [4.78, 5) is 42.8. The number of rotatable bonds is 38. The maximum Gasteiger partial charge on any atom is 0.469 e. The van der Waals surface area contributed by atoms with Crippen molar-refractivity contribution < 1.29 is 37.9 Å². The van der Waals surface area contributed by atoms with Crippen LogP contribution in [-0.2, 0) is 28.2 Å². The zero-order chi connectivity index (χ0) is 36.8. The molecule has 0 rings (SSSR count). The van der Waals surface area contributed by atoms with Gasteiger partial charge in [0.2, 0.25) is 0 Å². The molecule has 0 aliphatic rings. The Morgan fingerprint density at radius 3 is 1.26 bits per heavy atom. The lowest BCUT2D eigenvalue weighted by molar-refractivity contribution is -0.161. The van der Waals surface area contributed by atoms with Gasteiger partial charge in [-0.15, -0.1) is 0 Å². The maximum absolute atomic E-state index is 12.4. The van der Waals surface area contributed by atoms with E-state index in [0.717, 1.165) is 44.9 Å². The number of ether oxygens (including phenoxy) is 2. The summed E-state index contributed by atoms with van der Waals surface area (Å²) in [5, 5.41) is 0. The molecule has 2 N–H and O–H groups in total. The number of phosphoric ester groups is 1. The summed E-state index contributed by atoms with van der Waals surface area (Å²) in [7, 11) is -4.75. The van der Waals surface area contributed by atoms with Crippen molar-refractivity contribution in [1.82, 2.24) is 0 Å². The second-order valence-electron chi connectivity index (χ2n) is 14.0. The van der Waals surface area contributed by atoms with Crippen LogP contribution < -0.4 is 0 Å². The molecule has 0 saturated heterocycles. The van der Waals surface area contributed by atoms with Crippen LogP contribution in [0.4, 0.5) is 0 Å². The first-order valence-corrected chi connectivity index (χ1v) is 22.2. The lowest BCUT2D eigenvalue weighted by Crippen LogP contribution is -2.29. The fraction of sp³-hybridized carbons (Fsp3) is 0.854. The van der Waals surface area contributed by atoms with Gasteiger partial charge in [0.15, 0.2) is 6.10 Å². The van der Waals surface area contributed by atoms with Crippen molar-refractivity contribution in [1.29, 1.82) is 0 Å². The Balaban J connectivity index is 3.93. The molecule has 0 amide bonds. The van der Waals surface area contributed by atoms with Gasteiger partial charge >= 0.3 is 19.8 Å². The third kappa shape index (κ3) is 39.3. The molecule has 0 saturated carbocycles. The summed E-state index contributed by atoms with van der Waals surface area (Å²) in [5.41, 5.74) is 0. The van der Waals surface area contributed by atoms with Crippen LogP contribution in [0.25, 0.3) is 0 Å². The summed E-state index contributed by atoms with van der Waals surface area (Å²) in [5.74, 6) is -0.900. The molecule has 50 heavy (non-hydrogen) atoms. The number of hydrogen-bond acceptors (Lipinski definition) is 6. The number of esters is 2. The minimum atomic E-state index is -4.75. The van der Waals surface area contributed by atoms with Crippen molar-refractivity contribution in [3.05, 3.63) is 24.3 Å². The van der Waals surface area contributed by atoms with Gasteiger partial charge in [-0.3, -0.25) is 14.1 Å². The smallest absolute Gasteiger partial charge is 0.462 e. The van der Waals surface area contributed by atoms with Gasteiger partial charge in [0.1, 0.15) is 6.61 Å². The monoisotopic (exact) mass is 729 g/mol. The highest BCUT2D eigenvalue weighted by molar-refractivity contribution is 7.46. The average molecular weight is 729 g/mol. The Morgan fingerprint density at radius 1 is 0.500 bits per heavy atom. The minimum absolute atomic E-state index is 0.208. The highest BCUT2D eigenvalue weighted by atomic mass is 31.2. The van der Waals surface area contributed by atoms with Gasteiger partial charge in [0.25, 0.3) is 0 Å². The van der Waals surface area contributed by atoms with Crippen molar-refractivity contribution in [3.8, 4) is 0 Å². The maximum atomic E-state index is 12.4. The Kier molecular flexibility index (Phi) is 36.2. The molecule has 0 aromatic heterocycles. The molecule has 0 aliphatic heterocycles. The van der Waals surface area contributed by atoms with Gasteiger partial charge < -0.3 is 19.3 Å². The molecular formula is C41H77O8P. The number of phosphoric acid groups is 1. The van der Waals surface area contributed by atoms with Crippen LogP contribution in [0.15, 0.2) is 24.3 Å². The van der Waals surface area contributed by atoms with Gasteiger partial charge in [-0.2, -0.15) is 0 Å². The molecule has 0 spiro atoms. The zero-order valence-corrected chi connectivity index (χ0v) is 33.2. The van der Waals surface area contributed by atoms with E-state index in [4.69, 9.17) is 19.3 Å². The van der Waals surface area contributed by atoms with E-state index in [2.05, 4.69) is 42.7 Å². The SMILES string of the molecule is CCCCCC/C=C/CCCCCCCCCCCC(=O)O[C@H](COC(=O)CCCCC/C=C/CCCCCCCCCC)COP(=O)(O)O. The average Bonchev–Trinajstić information content (AvgIpc) is 3.08. The normalized spacial score (nSPS) is 12.6. The van der Waals surface area contributed by atoms with E-state index >= 15 is 0 Å². The Hall–Kier alpha value is -1.47. The lowest BCUT2D eigenvalue weighted by atomic mass is 10.1. The quantitative estimate of drug-likeness (QED) is 0.0279. The van der Waals surface area contributed by atoms with Gasteiger partial charge in [-0.1, -0.05) is 154 Å². The van der Waals surface area contributed by atoms with Crippen molar-refractivity contribution in [2.45, 2.75) is 213 Å². The van der Waals surface area contributed by atoms with Crippen molar-refractivity contribution in [2.75, 3.05) is 13.2 Å². The van der Waals surface area contributed by atoms with Crippen LogP contribution in [-0.4, -0.2) is 41.0 Å². The number of carbonyl (C=O) groups excluding carboxylic acids is 2. The molecule has 0 unspecified atom stereocenters. The Bertz CT molecular complexity index is 869. The van der Waals surface area contributed by atoms with E-state index in [9.17, 15) is 14.2 Å². The summed E-state index contributed by atoms with van der Waals surface area (Å²) >= 11 is 0. The first kappa shape index (κ1) is 48.5. The Labute approximate surface area is 307 Å². The number of unbranched alkanes of at least 4 members (excludes halogenated alkanes) is 24. The zero-order valence-electron chi connectivity index (χ0n) is 32.3. The van der Waals surface area contributed by atoms with Crippen LogP contribution in [0.1, 0.15) is 206 Å². The van der Waals surface area contributed by atoms with E-state index < -0.39 is 32.5 Å². The van der Waals surface area contributed by atoms with Crippen LogP contribution >= 0.6 is 7.82 Å². The molecule has 8 nitrogen and oxygen atoms in total. The van der Waals surface area contributed by atoms with E-state index in [1.807, 2.05) is 0 Å². The van der Waals surface area contributed by atoms with E-state index in [0.29, 0.717) is 12.8 Å². The molecule has 9 heteroatoms. The van der Waals surface area contributed by atoms with E-state index in [1.54, 1.807) is 0 Å². The summed E-state index contributed by atoms with van der Waals surface area (Å²) < 4.78 is 26.4. The third-order valence-electron chi connectivity index (χ3n) is 8.94. The number of allylic oxidation sites excluding steroid dienone is 4. The molecule has 0 radical (unpaired) electrons. The summed E-state index contributed by atoms with van der Waals surface area (Å²) in [6.45, 7) is 3.67. The van der Waals surface area contributed by atoms with Crippen molar-refractivity contribution in [2.24, 2.45) is 0 Å². The van der Waals surface area contributed by atoms with Gasteiger partial charge in [0, 0.05) is 12.8 Å². The second-order valence-corrected chi connectivity index (χ2v) is 15.2. The van der Waals surface area contributed by atoms with Crippen LogP contribution in [0.5, 0.6) is 0 Å². The van der Waals surface area contributed by atoms with Gasteiger partial charge in [-0.25, -0.2) is 4.57 Å². The van der Waals surface area contributed by atoms with E-state index in [1.165, 1.54) is 122 Å². The highest BCUT2D eigenvalue weighted by Gasteiger charge is 2.22. The molecule has 0 fully saturated rings. The predicted octanol–water partition coefficient (Wildman–Crippen LogP) is 12.4. The van der Waals surface area contributed by atoms with Crippen LogP contribution in [0, 0.1) is 0 Å². The van der Waals surface area contributed by atoms with Crippen LogP contribution in [0.2, 0.25) is 0 Å². The van der Waals surface area contributed by atoms with Gasteiger partial charge in [0.05, 0.1) is 6.61 Å². The van der Waals surface area contributed by atoms with Gasteiger partial charge in [-0.05, 0) is 64.2 Å². The molecule has 294 valence electrons. The number of carbonyl (C=O) groups is 2. The molecule has 0 bridgehead atoms. The fourth-order valence-corrected chi connectivity index (χ4v) is 6.19. The summed E-state index contributed by atoms with van der Waals surface area (Å²) in [6, 6.07) is 0. The molecule has 0 aliphatic carbocycles. The van der Waals surface area contributed by atoms with E-state index in [-0.39, 0.29) is 19.4 Å². The predicted molar refractivity (Wildman–Crippen MR) is 207 cm³/mol. The van der Waals surface area contributed by atoms with Crippen molar-refractivity contribution >= 4 is 19.8 Å². The van der Waals surface area contributed by atoms with Crippen molar-refractivity contribution in [3.63, 3.8) is 0 Å². The molecule has 0 aromatic carbocycles. The molecule has 0 aromatic rings. The number of hydrogen-bond donors (Lipinski definition) is 2. The minimum Gasteiger partial charge on any atom is -0.462 e. The summed E-state index contributed by atoms with van der Waals surface area (Å²) in [6.07, 6.45) is 41.8. The Morgan fingerprint density at radius 2 is 0.840 bits per heavy atom. The topological polar surface area (TPSA) is 119 Å². The molecule has 0 heterocycles. The van der Waals surface area contributed by atoms with Crippen LogP contribution in [0.3, 0.4) is 0 Å². The first-order chi connectivity index (χ1) is 24.3. The largest absolute Gasteiger partial charge is 0.469 e. The molecule has 1 atom stereocenters. The molecular weight excluding hydrogens is 651 g/mol. The highest BCUT2D eigenvalue weighted by Crippen LogP contribution is 2.36. The lowest BCUT2D eigenvalue weighted by Gasteiger charge is -2.18. The first-order valence-electron chi connectivity index (χ1n) is 20.6. The fourth-order valence-electron chi connectivity index (χ4n) is 5.83. The second kappa shape index (κ2) is 37.3. The standard InChI is InChI=1S/C41H77O8P/c1-3-5-7-9-11-13-15-17-19-20-22-24-26-28-30-32-34-36-41(43)49-39(38-48-50(44,45)46)37-47-40(42)35-33-31-29-27-25-23-21-18-16-14-12-10-8-6-4-2/h13,15,23,25,39H,3-12,14,16-22,24,26-38H2,1-2H3,(H2,44,45,46)/b15-13+,25-23+/t39-/m1/s1. The third-order valence-corrected chi connectivity index (χ3v) is 9.43.